The number of alkyl halides is 3. The topological polar surface area (TPSA) is 118 Å². The first kappa shape index (κ1) is 34.7. The second kappa shape index (κ2) is 15.6. The number of amides is 2. The van der Waals surface area contributed by atoms with Crippen molar-refractivity contribution in [2.75, 3.05) is 6.54 Å². The number of carboxylic acid groups (broad SMARTS) is 1. The molecular formula is C30H32F5N3O5. The van der Waals surface area contributed by atoms with Crippen LogP contribution in [-0.4, -0.2) is 41.3 Å². The molecule has 0 spiro atoms. The Morgan fingerprint density at radius 2 is 1.72 bits per heavy atom. The molecule has 43 heavy (non-hydrogen) atoms. The van der Waals surface area contributed by atoms with Crippen LogP contribution in [0, 0.1) is 31.4 Å². The van der Waals surface area contributed by atoms with Crippen molar-refractivity contribution in [1.29, 1.82) is 0 Å². The van der Waals surface area contributed by atoms with Crippen LogP contribution in [0.1, 0.15) is 59.8 Å². The van der Waals surface area contributed by atoms with Crippen molar-refractivity contribution >= 4 is 18.3 Å². The quantitative estimate of drug-likeness (QED) is 0.174. The van der Waals surface area contributed by atoms with E-state index in [2.05, 4.69) is 20.4 Å². The lowest BCUT2D eigenvalue weighted by atomic mass is 9.92. The summed E-state index contributed by atoms with van der Waals surface area (Å²) in [6.45, 7) is 8.04. The second-order valence-electron chi connectivity index (χ2n) is 9.91. The van der Waals surface area contributed by atoms with Gasteiger partial charge in [-0.2, -0.15) is 0 Å². The summed E-state index contributed by atoms with van der Waals surface area (Å²) < 4.78 is 68.4. The molecule has 0 saturated heterocycles. The molecule has 8 nitrogen and oxygen atoms in total. The van der Waals surface area contributed by atoms with Crippen LogP contribution in [0.2, 0.25) is 0 Å². The molecule has 0 saturated carbocycles. The zero-order chi connectivity index (χ0) is 32.3. The smallest absolute Gasteiger partial charge is 0.481 e. The number of aromatic nitrogens is 1. The number of aryl methyl sites for hydroxylation is 2. The molecule has 1 atom stereocenters. The Labute approximate surface area is 245 Å². The number of pyridine rings is 1. The van der Waals surface area contributed by atoms with E-state index in [0.717, 1.165) is 35.4 Å². The monoisotopic (exact) mass is 609 g/mol. The van der Waals surface area contributed by atoms with Gasteiger partial charge in [-0.25, -0.2) is 13.8 Å². The van der Waals surface area contributed by atoms with Gasteiger partial charge in [0.15, 0.2) is 11.6 Å². The second-order valence-corrected chi connectivity index (χ2v) is 9.91. The van der Waals surface area contributed by atoms with Crippen molar-refractivity contribution in [2.24, 2.45) is 5.92 Å². The first-order valence-electron chi connectivity index (χ1n) is 13.1. The minimum absolute atomic E-state index is 0.192. The first-order valence-corrected chi connectivity index (χ1v) is 13.1. The summed E-state index contributed by atoms with van der Waals surface area (Å²) in [5, 5.41) is 13.7. The molecule has 232 valence electrons. The normalized spacial score (nSPS) is 11.7. The van der Waals surface area contributed by atoms with E-state index in [1.54, 1.807) is 0 Å². The lowest BCUT2D eigenvalue weighted by Crippen LogP contribution is -2.27. The molecule has 0 bridgehead atoms. The van der Waals surface area contributed by atoms with Gasteiger partial charge in [-0.15, -0.1) is 13.2 Å². The minimum Gasteiger partial charge on any atom is -0.481 e. The van der Waals surface area contributed by atoms with Crippen molar-refractivity contribution in [2.45, 2.75) is 52.9 Å². The zero-order valence-corrected chi connectivity index (χ0v) is 23.9. The molecule has 0 radical (unpaired) electrons. The number of halogens is 5. The van der Waals surface area contributed by atoms with Gasteiger partial charge in [-0.1, -0.05) is 32.0 Å². The van der Waals surface area contributed by atoms with Crippen LogP contribution in [-0.2, 0) is 9.59 Å². The Kier molecular flexibility index (Phi) is 12.6. The van der Waals surface area contributed by atoms with Crippen molar-refractivity contribution in [3.8, 4) is 17.0 Å². The highest BCUT2D eigenvalue weighted by atomic mass is 19.4. The molecule has 1 heterocycles. The maximum Gasteiger partial charge on any atom is 0.574 e. The van der Waals surface area contributed by atoms with Gasteiger partial charge in [0.2, 0.25) is 12.3 Å². The third kappa shape index (κ3) is 10.7. The summed E-state index contributed by atoms with van der Waals surface area (Å²) >= 11 is 0. The molecular weight excluding hydrogens is 577 g/mol. The van der Waals surface area contributed by atoms with Gasteiger partial charge in [0.1, 0.15) is 5.56 Å². The van der Waals surface area contributed by atoms with Crippen molar-refractivity contribution < 1.29 is 46.2 Å². The fourth-order valence-corrected chi connectivity index (χ4v) is 4.12. The van der Waals surface area contributed by atoms with Crippen LogP contribution in [0.5, 0.6) is 5.88 Å². The Morgan fingerprint density at radius 1 is 1.07 bits per heavy atom. The van der Waals surface area contributed by atoms with Crippen LogP contribution in [0.3, 0.4) is 0 Å². The van der Waals surface area contributed by atoms with E-state index in [1.165, 1.54) is 18.2 Å². The van der Waals surface area contributed by atoms with E-state index in [0.29, 0.717) is 18.0 Å². The Morgan fingerprint density at radius 3 is 2.28 bits per heavy atom. The number of nitrogens with zero attached hydrogens (tertiary/aromatic N) is 1. The molecule has 2 amide bonds. The number of hydrogen-bond acceptors (Lipinski definition) is 5. The van der Waals surface area contributed by atoms with E-state index in [9.17, 15) is 36.3 Å². The number of benzene rings is 2. The molecule has 3 aromatic rings. The number of carbonyl (C=O) groups excluding carboxylic acids is 2. The Balaban J connectivity index is 0.000000309. The van der Waals surface area contributed by atoms with Gasteiger partial charge < -0.3 is 20.5 Å². The van der Waals surface area contributed by atoms with Gasteiger partial charge in [0.05, 0.1) is 12.5 Å². The lowest BCUT2D eigenvalue weighted by molar-refractivity contribution is -0.276. The fraction of sp³-hybridized carbons (Fsp3) is 0.333. The van der Waals surface area contributed by atoms with E-state index < -0.39 is 48.2 Å². The van der Waals surface area contributed by atoms with Crippen molar-refractivity contribution in [3.63, 3.8) is 0 Å². The highest BCUT2D eigenvalue weighted by molar-refractivity contribution is 5.96. The summed E-state index contributed by atoms with van der Waals surface area (Å²) in [7, 11) is 0. The van der Waals surface area contributed by atoms with Gasteiger partial charge in [-0.3, -0.25) is 14.4 Å². The van der Waals surface area contributed by atoms with E-state index >= 15 is 0 Å². The molecule has 1 unspecified atom stereocenters. The Bertz CT molecular complexity index is 1410. The van der Waals surface area contributed by atoms with Crippen LogP contribution in [0.4, 0.5) is 22.0 Å². The highest BCUT2D eigenvalue weighted by Crippen LogP contribution is 2.32. The first-order chi connectivity index (χ1) is 20.1. The average Bonchev–Trinajstić information content (AvgIpc) is 2.89. The van der Waals surface area contributed by atoms with Crippen molar-refractivity contribution in [1.82, 2.24) is 15.6 Å². The van der Waals surface area contributed by atoms with Crippen LogP contribution in [0.25, 0.3) is 11.1 Å². The SMILES string of the molecule is CC(C)CCNC(=O)c1cccnc1OC(F)(F)F.Cc1cccc(C)c1-c1cc(F)c(F)c(C(CC(=O)O)NC=O)c1. The average molecular weight is 610 g/mol. The number of aliphatic carboxylic acids is 1. The zero-order valence-electron chi connectivity index (χ0n) is 23.9. The molecule has 0 aliphatic carbocycles. The third-order valence-corrected chi connectivity index (χ3v) is 6.08. The van der Waals surface area contributed by atoms with Gasteiger partial charge in [0, 0.05) is 18.3 Å². The molecule has 1 aromatic heterocycles. The molecule has 2 aromatic carbocycles. The maximum atomic E-state index is 14.2. The summed E-state index contributed by atoms with van der Waals surface area (Å²) in [5.41, 5.74) is 2.52. The molecule has 3 rings (SSSR count). The summed E-state index contributed by atoms with van der Waals surface area (Å²) in [6.07, 6.45) is -3.28. The Hall–Kier alpha value is -4.55. The number of rotatable bonds is 11. The standard InChI is InChI=1S/C18H17F2NO3.C12H15F3N2O2/c1-10-4-3-5-11(2)17(10)12-6-13(18(20)14(19)7-12)15(21-9-22)8-16(23)24;1-8(2)5-7-16-10(18)9-4-3-6-17-11(9)19-12(13,14)15/h3-7,9,15H,8H2,1-2H3,(H,21,22)(H,23,24);3-4,6,8H,5,7H2,1-2H3,(H,16,18). The van der Waals surface area contributed by atoms with Crippen molar-refractivity contribution in [3.05, 3.63) is 82.5 Å². The van der Waals surface area contributed by atoms with E-state index in [1.807, 2.05) is 45.9 Å². The van der Waals surface area contributed by atoms with E-state index in [-0.39, 0.29) is 17.5 Å². The number of carbonyl (C=O) groups is 3. The minimum atomic E-state index is -4.87. The van der Waals surface area contributed by atoms with Crippen LogP contribution >= 0.6 is 0 Å². The summed E-state index contributed by atoms with van der Waals surface area (Å²) in [6, 6.07) is 9.47. The van der Waals surface area contributed by atoms with Gasteiger partial charge >= 0.3 is 12.3 Å². The van der Waals surface area contributed by atoms with Crippen LogP contribution in [0.15, 0.2) is 48.7 Å². The highest BCUT2D eigenvalue weighted by Gasteiger charge is 2.33. The van der Waals surface area contributed by atoms with Gasteiger partial charge in [0.25, 0.3) is 5.91 Å². The summed E-state index contributed by atoms with van der Waals surface area (Å²) in [4.78, 5) is 36.8. The van der Waals surface area contributed by atoms with Gasteiger partial charge in [-0.05, 0) is 72.7 Å². The number of carboxylic acids is 1. The molecule has 13 heteroatoms. The lowest BCUT2D eigenvalue weighted by Gasteiger charge is -2.18. The molecule has 0 fully saturated rings. The fourth-order valence-electron chi connectivity index (χ4n) is 4.12. The summed E-state index contributed by atoms with van der Waals surface area (Å²) in [5.74, 6) is -4.46. The number of hydrogen-bond donors (Lipinski definition) is 3. The predicted octanol–water partition coefficient (Wildman–Crippen LogP) is 6.27. The molecule has 0 aliphatic heterocycles. The predicted molar refractivity (Wildman–Crippen MR) is 148 cm³/mol. The largest absolute Gasteiger partial charge is 0.574 e. The third-order valence-electron chi connectivity index (χ3n) is 6.08. The molecule has 3 N–H and O–H groups in total. The molecule has 0 aliphatic rings. The van der Waals surface area contributed by atoms with E-state index in [4.69, 9.17) is 5.11 Å². The number of ether oxygens (including phenoxy) is 1. The maximum absolute atomic E-state index is 14.2. The van der Waals surface area contributed by atoms with Crippen LogP contribution < -0.4 is 15.4 Å². The number of nitrogens with one attached hydrogen (secondary N) is 2.